The predicted molar refractivity (Wildman–Crippen MR) is 181 cm³/mol. The summed E-state index contributed by atoms with van der Waals surface area (Å²) in [6, 6.07) is 23.1. The fraction of sp³-hybridized carbons (Fsp3) is 0.303. The molecule has 0 aromatic heterocycles. The fourth-order valence-electron chi connectivity index (χ4n) is 4.08. The third-order valence-electron chi connectivity index (χ3n) is 6.53. The highest BCUT2D eigenvalue weighted by Gasteiger charge is 2.26. The minimum absolute atomic E-state index is 0.00246. The number of aliphatic hydroxyl groups excluding tert-OH is 1. The Balaban J connectivity index is 1.44. The third-order valence-corrected chi connectivity index (χ3v) is 7.89. The van der Waals surface area contributed by atoms with Gasteiger partial charge in [-0.1, -0.05) is 78.9 Å². The topological polar surface area (TPSA) is 214 Å². The molecule has 3 aromatic rings. The van der Waals surface area contributed by atoms with Gasteiger partial charge < -0.3 is 25.2 Å². The maximum atomic E-state index is 12.6. The number of alkyl carbamates (subject to hydrolysis) is 1. The SMILES string of the molecule is C[C@H](NC(=O)[C@@H](CO)NS(=O)(=O)Cc1ccccc1)C(=O)NCCCCN=C(NC(=O)OCc1ccccc1)NC(=O)Oc1ccccc1. The van der Waals surface area contributed by atoms with Crippen molar-refractivity contribution >= 4 is 40.0 Å². The van der Waals surface area contributed by atoms with Gasteiger partial charge in [-0.15, -0.1) is 0 Å². The van der Waals surface area contributed by atoms with Gasteiger partial charge in [0.05, 0.1) is 12.4 Å². The summed E-state index contributed by atoms with van der Waals surface area (Å²) in [5.41, 5.74) is 1.27. The Morgan fingerprint density at radius 2 is 1.39 bits per heavy atom. The average molecular weight is 697 g/mol. The number of para-hydroxylation sites is 1. The van der Waals surface area contributed by atoms with Crippen molar-refractivity contribution in [2.75, 3.05) is 19.7 Å². The van der Waals surface area contributed by atoms with Gasteiger partial charge in [-0.25, -0.2) is 22.7 Å². The molecule has 0 aliphatic rings. The first-order valence-electron chi connectivity index (χ1n) is 15.3. The number of nitrogens with zero attached hydrogens (tertiary/aromatic N) is 1. The van der Waals surface area contributed by atoms with Crippen LogP contribution in [-0.2, 0) is 36.7 Å². The van der Waals surface area contributed by atoms with Crippen molar-refractivity contribution in [1.29, 1.82) is 0 Å². The number of hydrogen-bond acceptors (Lipinski definition) is 10. The Kier molecular flexibility index (Phi) is 15.7. The van der Waals surface area contributed by atoms with E-state index in [4.69, 9.17) is 9.47 Å². The highest BCUT2D eigenvalue weighted by Crippen LogP contribution is 2.08. The Hall–Kier alpha value is -5.32. The maximum Gasteiger partial charge on any atom is 0.419 e. The molecule has 0 spiro atoms. The fourth-order valence-corrected chi connectivity index (χ4v) is 5.41. The molecule has 6 N–H and O–H groups in total. The number of carbonyl (C=O) groups is 4. The van der Waals surface area contributed by atoms with Crippen molar-refractivity contribution < 1.29 is 42.2 Å². The number of hydrogen-bond donors (Lipinski definition) is 6. The number of guanidine groups is 1. The summed E-state index contributed by atoms with van der Waals surface area (Å²) < 4.78 is 37.5. The summed E-state index contributed by atoms with van der Waals surface area (Å²) in [5.74, 6) is -1.70. The molecule has 0 saturated heterocycles. The van der Waals surface area contributed by atoms with E-state index >= 15 is 0 Å². The monoisotopic (exact) mass is 696 g/mol. The molecular formula is C33H40N6O9S. The Labute approximate surface area is 284 Å². The second kappa shape index (κ2) is 20.1. The molecule has 0 bridgehead atoms. The first kappa shape index (κ1) is 38.1. The summed E-state index contributed by atoms with van der Waals surface area (Å²) in [5, 5.41) is 19.4. The number of benzene rings is 3. The van der Waals surface area contributed by atoms with E-state index < -0.39 is 52.7 Å². The molecule has 49 heavy (non-hydrogen) atoms. The lowest BCUT2D eigenvalue weighted by Crippen LogP contribution is -2.54. The van der Waals surface area contributed by atoms with Crippen LogP contribution in [0.2, 0.25) is 0 Å². The first-order valence-corrected chi connectivity index (χ1v) is 17.0. The second-order valence-corrected chi connectivity index (χ2v) is 12.3. The molecule has 0 radical (unpaired) electrons. The minimum atomic E-state index is -3.96. The lowest BCUT2D eigenvalue weighted by Gasteiger charge is -2.19. The first-order chi connectivity index (χ1) is 23.5. The van der Waals surface area contributed by atoms with Crippen LogP contribution in [-0.4, -0.2) is 75.3 Å². The van der Waals surface area contributed by atoms with Crippen LogP contribution in [0.1, 0.15) is 30.9 Å². The van der Waals surface area contributed by atoms with Gasteiger partial charge in [0.2, 0.25) is 27.8 Å². The molecule has 16 heteroatoms. The van der Waals surface area contributed by atoms with Gasteiger partial charge in [0.1, 0.15) is 24.4 Å². The van der Waals surface area contributed by atoms with Crippen LogP contribution in [0.15, 0.2) is 96.0 Å². The van der Waals surface area contributed by atoms with Crippen LogP contribution < -0.4 is 30.7 Å². The summed E-state index contributed by atoms with van der Waals surface area (Å²) in [7, 11) is -3.96. The van der Waals surface area contributed by atoms with E-state index in [0.717, 1.165) is 5.56 Å². The van der Waals surface area contributed by atoms with E-state index in [-0.39, 0.29) is 37.2 Å². The number of ether oxygens (including phenoxy) is 2. The highest BCUT2D eigenvalue weighted by atomic mass is 32.2. The van der Waals surface area contributed by atoms with Gasteiger partial charge in [-0.3, -0.25) is 25.2 Å². The van der Waals surface area contributed by atoms with Crippen LogP contribution >= 0.6 is 0 Å². The second-order valence-electron chi connectivity index (χ2n) is 10.6. The maximum absolute atomic E-state index is 12.6. The molecule has 0 aliphatic heterocycles. The van der Waals surface area contributed by atoms with Gasteiger partial charge in [0.25, 0.3) is 0 Å². The number of carbonyl (C=O) groups excluding carboxylic acids is 4. The van der Waals surface area contributed by atoms with Crippen molar-refractivity contribution in [3.63, 3.8) is 0 Å². The molecule has 0 fully saturated rings. The van der Waals surface area contributed by atoms with E-state index in [1.165, 1.54) is 6.92 Å². The quantitative estimate of drug-likeness (QED) is 0.0733. The Morgan fingerprint density at radius 3 is 2.02 bits per heavy atom. The van der Waals surface area contributed by atoms with Crippen LogP contribution in [0.25, 0.3) is 0 Å². The number of nitrogens with one attached hydrogen (secondary N) is 5. The number of aliphatic hydroxyl groups is 1. The minimum Gasteiger partial charge on any atom is -0.444 e. The summed E-state index contributed by atoms with van der Waals surface area (Å²) in [4.78, 5) is 54.1. The number of amides is 4. The standard InChI is InChI=1S/C33H40N6O9S/c1-24(36-30(42)28(21-40)39-49(45,46)23-26-15-7-3-8-16-26)29(41)34-19-11-12-20-35-31(38-33(44)48-27-17-9-4-10-18-27)37-32(43)47-22-25-13-5-2-6-14-25/h2-10,13-18,24,28,39-40H,11-12,19-23H2,1H3,(H,34,41)(H,36,42)(H2,35,37,38,43,44)/t24-,28+/m0/s1. The molecule has 15 nitrogen and oxygen atoms in total. The van der Waals surface area contributed by atoms with Gasteiger partial charge >= 0.3 is 12.2 Å². The van der Waals surface area contributed by atoms with Gasteiger partial charge in [-0.2, -0.15) is 0 Å². The molecule has 0 saturated carbocycles. The summed E-state index contributed by atoms with van der Waals surface area (Å²) in [6.45, 7) is 0.947. The summed E-state index contributed by atoms with van der Waals surface area (Å²) in [6.07, 6.45) is -0.868. The normalized spacial score (nSPS) is 12.6. The summed E-state index contributed by atoms with van der Waals surface area (Å²) >= 11 is 0. The van der Waals surface area contributed by atoms with E-state index in [2.05, 4.69) is 31.0 Å². The van der Waals surface area contributed by atoms with E-state index in [1.807, 2.05) is 6.07 Å². The molecule has 4 amide bonds. The van der Waals surface area contributed by atoms with Crippen molar-refractivity contribution in [2.24, 2.45) is 4.99 Å². The smallest absolute Gasteiger partial charge is 0.419 e. The van der Waals surface area contributed by atoms with Gasteiger partial charge in [0.15, 0.2) is 0 Å². The average Bonchev–Trinajstić information content (AvgIpc) is 3.08. The van der Waals surface area contributed by atoms with Crippen LogP contribution in [0, 0.1) is 0 Å². The molecule has 3 rings (SSSR count). The zero-order valence-electron chi connectivity index (χ0n) is 26.8. The Bertz CT molecular complexity index is 1640. The molecule has 0 unspecified atom stereocenters. The van der Waals surface area contributed by atoms with Crippen molar-refractivity contribution in [3.8, 4) is 5.75 Å². The van der Waals surface area contributed by atoms with E-state index in [1.54, 1.807) is 84.9 Å². The van der Waals surface area contributed by atoms with E-state index in [9.17, 15) is 32.7 Å². The lowest BCUT2D eigenvalue weighted by atomic mass is 10.2. The van der Waals surface area contributed by atoms with Gasteiger partial charge in [0, 0.05) is 13.1 Å². The molecule has 3 aromatic carbocycles. The molecular weight excluding hydrogens is 656 g/mol. The zero-order chi connectivity index (χ0) is 35.5. The largest absolute Gasteiger partial charge is 0.444 e. The van der Waals surface area contributed by atoms with Gasteiger partial charge in [-0.05, 0) is 43.0 Å². The molecule has 0 aliphatic carbocycles. The van der Waals surface area contributed by atoms with Crippen LogP contribution in [0.3, 0.4) is 0 Å². The molecule has 2 atom stereocenters. The molecule has 262 valence electrons. The predicted octanol–water partition coefficient (Wildman–Crippen LogP) is 1.94. The molecule has 0 heterocycles. The number of sulfonamides is 1. The van der Waals surface area contributed by atoms with Crippen molar-refractivity contribution in [3.05, 3.63) is 102 Å². The number of rotatable bonds is 16. The third kappa shape index (κ3) is 15.0. The van der Waals surface area contributed by atoms with Crippen LogP contribution in [0.5, 0.6) is 5.75 Å². The van der Waals surface area contributed by atoms with Crippen molar-refractivity contribution in [2.45, 2.75) is 44.2 Å². The van der Waals surface area contributed by atoms with Crippen LogP contribution in [0.4, 0.5) is 9.59 Å². The number of unbranched alkanes of at least 4 members (excludes halogenated alkanes) is 1. The number of aliphatic imine (C=N–C) groups is 1. The van der Waals surface area contributed by atoms with Crippen molar-refractivity contribution in [1.82, 2.24) is 26.0 Å². The lowest BCUT2D eigenvalue weighted by molar-refractivity contribution is -0.129. The highest BCUT2D eigenvalue weighted by molar-refractivity contribution is 7.88. The Morgan fingerprint density at radius 1 is 0.796 bits per heavy atom. The van der Waals surface area contributed by atoms with E-state index in [0.29, 0.717) is 18.4 Å². The zero-order valence-corrected chi connectivity index (χ0v) is 27.6.